The zero-order valence-electron chi connectivity index (χ0n) is 15.8. The standard InChI is InChI=1S/C19H32N4O.HI/c1-4-12-24-18-10-6-8-16(13-18)14-21-19(20-3)22-15-17-9-7-11-23(17)5-2;/h6,8,10,13,17H,4-5,7,9,11-12,14-15H2,1-3H3,(H2,20,21,22);1H. The molecule has 1 saturated heterocycles. The summed E-state index contributed by atoms with van der Waals surface area (Å²) in [7, 11) is 1.82. The Hall–Kier alpha value is -1.02. The molecular formula is C19H33IN4O. The van der Waals surface area contributed by atoms with Crippen molar-refractivity contribution in [2.45, 2.75) is 45.7 Å². The molecule has 1 heterocycles. The summed E-state index contributed by atoms with van der Waals surface area (Å²) in [5.74, 6) is 1.79. The lowest BCUT2D eigenvalue weighted by molar-refractivity contribution is 0.267. The highest BCUT2D eigenvalue weighted by Gasteiger charge is 2.22. The van der Waals surface area contributed by atoms with Crippen LogP contribution in [0.15, 0.2) is 29.3 Å². The number of guanidine groups is 1. The highest BCUT2D eigenvalue weighted by molar-refractivity contribution is 14.0. The Morgan fingerprint density at radius 2 is 2.16 bits per heavy atom. The van der Waals surface area contributed by atoms with E-state index in [1.807, 2.05) is 19.2 Å². The van der Waals surface area contributed by atoms with Crippen LogP contribution in [0.4, 0.5) is 0 Å². The molecule has 1 fully saturated rings. The number of aliphatic imine (C=N–C) groups is 1. The topological polar surface area (TPSA) is 48.9 Å². The lowest BCUT2D eigenvalue weighted by Gasteiger charge is -2.24. The van der Waals surface area contributed by atoms with Crippen LogP contribution in [0.1, 0.15) is 38.7 Å². The Bertz CT molecular complexity index is 524. The van der Waals surface area contributed by atoms with Crippen LogP contribution in [-0.2, 0) is 6.54 Å². The van der Waals surface area contributed by atoms with Crippen molar-refractivity contribution in [2.75, 3.05) is 33.3 Å². The van der Waals surface area contributed by atoms with Crippen LogP contribution in [0.25, 0.3) is 0 Å². The zero-order valence-corrected chi connectivity index (χ0v) is 18.1. The summed E-state index contributed by atoms with van der Waals surface area (Å²) in [6.45, 7) is 9.15. The number of halogens is 1. The first-order valence-electron chi connectivity index (χ1n) is 9.17. The van der Waals surface area contributed by atoms with E-state index in [4.69, 9.17) is 4.74 Å². The van der Waals surface area contributed by atoms with Gasteiger partial charge in [0.05, 0.1) is 6.61 Å². The maximum Gasteiger partial charge on any atom is 0.191 e. The quantitative estimate of drug-likeness (QED) is 0.355. The van der Waals surface area contributed by atoms with Crippen LogP contribution in [0.5, 0.6) is 5.75 Å². The molecule has 1 aliphatic rings. The highest BCUT2D eigenvalue weighted by atomic mass is 127. The summed E-state index contributed by atoms with van der Waals surface area (Å²) in [6, 6.07) is 8.86. The summed E-state index contributed by atoms with van der Waals surface area (Å²) < 4.78 is 5.69. The van der Waals surface area contributed by atoms with Gasteiger partial charge in [-0.2, -0.15) is 0 Å². The number of likely N-dealkylation sites (N-methyl/N-ethyl adjacent to an activating group) is 1. The third kappa shape index (κ3) is 7.40. The van der Waals surface area contributed by atoms with Crippen molar-refractivity contribution in [1.82, 2.24) is 15.5 Å². The summed E-state index contributed by atoms with van der Waals surface area (Å²) in [5, 5.41) is 6.85. The average Bonchev–Trinajstić information content (AvgIpc) is 3.08. The van der Waals surface area contributed by atoms with Crippen LogP contribution >= 0.6 is 24.0 Å². The molecule has 1 atom stereocenters. The maximum atomic E-state index is 5.69. The van der Waals surface area contributed by atoms with Crippen molar-refractivity contribution in [3.63, 3.8) is 0 Å². The minimum absolute atomic E-state index is 0. The minimum atomic E-state index is 0. The molecular weight excluding hydrogens is 427 g/mol. The van der Waals surface area contributed by atoms with Crippen molar-refractivity contribution in [3.05, 3.63) is 29.8 Å². The summed E-state index contributed by atoms with van der Waals surface area (Å²) in [5.41, 5.74) is 1.20. The van der Waals surface area contributed by atoms with Crippen molar-refractivity contribution in [1.29, 1.82) is 0 Å². The van der Waals surface area contributed by atoms with Crippen LogP contribution in [0.2, 0.25) is 0 Å². The Morgan fingerprint density at radius 3 is 2.88 bits per heavy atom. The van der Waals surface area contributed by atoms with E-state index in [-0.39, 0.29) is 24.0 Å². The molecule has 6 heteroatoms. The summed E-state index contributed by atoms with van der Waals surface area (Å²) in [4.78, 5) is 6.87. The van der Waals surface area contributed by atoms with Gasteiger partial charge in [0.25, 0.3) is 0 Å². The fraction of sp³-hybridized carbons (Fsp3) is 0.632. The first-order valence-corrected chi connectivity index (χ1v) is 9.17. The molecule has 1 aromatic rings. The molecule has 2 rings (SSSR count). The van der Waals surface area contributed by atoms with E-state index in [0.717, 1.165) is 44.4 Å². The van der Waals surface area contributed by atoms with E-state index in [1.165, 1.54) is 24.9 Å². The van der Waals surface area contributed by atoms with Crippen molar-refractivity contribution >= 4 is 29.9 Å². The second kappa shape index (κ2) is 12.4. The molecule has 0 radical (unpaired) electrons. The first kappa shape index (κ1) is 22.0. The fourth-order valence-electron chi connectivity index (χ4n) is 3.13. The maximum absolute atomic E-state index is 5.69. The van der Waals surface area contributed by atoms with Crippen LogP contribution in [0, 0.1) is 0 Å². The molecule has 1 unspecified atom stereocenters. The number of ether oxygens (including phenoxy) is 1. The van der Waals surface area contributed by atoms with Gasteiger partial charge < -0.3 is 15.4 Å². The van der Waals surface area contributed by atoms with E-state index in [9.17, 15) is 0 Å². The van der Waals surface area contributed by atoms with Gasteiger partial charge in [-0.1, -0.05) is 26.0 Å². The predicted molar refractivity (Wildman–Crippen MR) is 116 cm³/mol. The number of hydrogen-bond acceptors (Lipinski definition) is 3. The Kier molecular flexibility index (Phi) is 10.9. The smallest absolute Gasteiger partial charge is 0.191 e. The van der Waals surface area contributed by atoms with Gasteiger partial charge in [-0.25, -0.2) is 0 Å². The van der Waals surface area contributed by atoms with Gasteiger partial charge in [0, 0.05) is 26.2 Å². The zero-order chi connectivity index (χ0) is 17.2. The Morgan fingerprint density at radius 1 is 1.32 bits per heavy atom. The molecule has 0 aliphatic carbocycles. The van der Waals surface area contributed by atoms with Crippen LogP contribution in [0.3, 0.4) is 0 Å². The van der Waals surface area contributed by atoms with Gasteiger partial charge in [-0.3, -0.25) is 9.89 Å². The lowest BCUT2D eigenvalue weighted by Crippen LogP contribution is -2.44. The van der Waals surface area contributed by atoms with Gasteiger partial charge in [-0.05, 0) is 50.0 Å². The minimum Gasteiger partial charge on any atom is -0.494 e. The highest BCUT2D eigenvalue weighted by Crippen LogP contribution is 2.15. The van der Waals surface area contributed by atoms with Gasteiger partial charge in [0.1, 0.15) is 5.75 Å². The van der Waals surface area contributed by atoms with Gasteiger partial charge in [0.15, 0.2) is 5.96 Å². The molecule has 0 bridgehead atoms. The van der Waals surface area contributed by atoms with Gasteiger partial charge in [0.2, 0.25) is 0 Å². The Labute approximate surface area is 169 Å². The lowest BCUT2D eigenvalue weighted by atomic mass is 10.2. The third-order valence-electron chi connectivity index (χ3n) is 4.47. The number of hydrogen-bond donors (Lipinski definition) is 2. The SMILES string of the molecule is CCCOc1cccc(CNC(=NC)NCC2CCCN2CC)c1.I. The van der Waals surface area contributed by atoms with Gasteiger partial charge >= 0.3 is 0 Å². The predicted octanol–water partition coefficient (Wildman–Crippen LogP) is 3.24. The molecule has 1 aliphatic heterocycles. The molecule has 2 N–H and O–H groups in total. The fourth-order valence-corrected chi connectivity index (χ4v) is 3.13. The first-order chi connectivity index (χ1) is 11.8. The molecule has 1 aromatic carbocycles. The van der Waals surface area contributed by atoms with Crippen LogP contribution < -0.4 is 15.4 Å². The number of rotatable bonds is 8. The van der Waals surface area contributed by atoms with E-state index in [2.05, 4.69) is 46.5 Å². The van der Waals surface area contributed by atoms with Crippen molar-refractivity contribution < 1.29 is 4.74 Å². The number of likely N-dealkylation sites (tertiary alicyclic amines) is 1. The molecule has 0 saturated carbocycles. The molecule has 0 spiro atoms. The Balaban J connectivity index is 0.00000312. The van der Waals surface area contributed by atoms with E-state index < -0.39 is 0 Å². The number of nitrogens with one attached hydrogen (secondary N) is 2. The van der Waals surface area contributed by atoms with Crippen molar-refractivity contribution in [3.8, 4) is 5.75 Å². The monoisotopic (exact) mass is 460 g/mol. The summed E-state index contributed by atoms with van der Waals surface area (Å²) >= 11 is 0. The molecule has 25 heavy (non-hydrogen) atoms. The second-order valence-corrected chi connectivity index (χ2v) is 6.23. The van der Waals surface area contributed by atoms with Crippen LogP contribution in [-0.4, -0.2) is 50.2 Å². The molecule has 0 amide bonds. The van der Waals surface area contributed by atoms with Gasteiger partial charge in [-0.15, -0.1) is 24.0 Å². The van der Waals surface area contributed by atoms with Crippen molar-refractivity contribution in [2.24, 2.45) is 4.99 Å². The van der Waals surface area contributed by atoms with E-state index in [1.54, 1.807) is 0 Å². The largest absolute Gasteiger partial charge is 0.494 e. The normalized spacial score (nSPS) is 17.9. The molecule has 0 aromatic heterocycles. The van der Waals surface area contributed by atoms with E-state index in [0.29, 0.717) is 6.04 Å². The second-order valence-electron chi connectivity index (χ2n) is 6.23. The van der Waals surface area contributed by atoms with E-state index >= 15 is 0 Å². The third-order valence-corrected chi connectivity index (χ3v) is 4.47. The average molecular weight is 460 g/mol. The molecule has 5 nitrogen and oxygen atoms in total. The summed E-state index contributed by atoms with van der Waals surface area (Å²) in [6.07, 6.45) is 3.60. The number of nitrogens with zero attached hydrogens (tertiary/aromatic N) is 2. The number of benzene rings is 1. The molecule has 142 valence electrons.